The number of hydrogen-bond donors (Lipinski definition) is 0. The van der Waals surface area contributed by atoms with Gasteiger partial charge in [-0.1, -0.05) is 44.0 Å². The van der Waals surface area contributed by atoms with Gasteiger partial charge in [-0.05, 0) is 48.6 Å². The fraction of sp³-hybridized carbons (Fsp3) is 0.286. The highest BCUT2D eigenvalue weighted by molar-refractivity contribution is 9.10. The lowest BCUT2D eigenvalue weighted by molar-refractivity contribution is 0.913. The third kappa shape index (κ3) is 2.38. The Kier molecular flexibility index (Phi) is 3.42. The number of aryl methyl sites for hydroxylation is 2. The van der Waals surface area contributed by atoms with E-state index in [1.54, 1.807) is 10.4 Å². The quantitative estimate of drug-likeness (QED) is 0.613. The Bertz CT molecular complexity index is 506. The highest BCUT2D eigenvalue weighted by Crippen LogP contribution is 2.40. The fourth-order valence-electron chi connectivity index (χ4n) is 2.27. The van der Waals surface area contributed by atoms with Crippen molar-refractivity contribution in [3.8, 4) is 0 Å². The zero-order chi connectivity index (χ0) is 11.8. The molecule has 1 atom stereocenters. The standard InChI is InChI=1S/C14H12Br2S/c15-11-6-4-9(5-7-11)14(16)13-8-10-2-1-3-12(10)17-13/h4-8,14H,1-3H2. The number of rotatable bonds is 2. The van der Waals surface area contributed by atoms with Gasteiger partial charge in [0.15, 0.2) is 0 Å². The first-order chi connectivity index (χ1) is 8.24. The molecule has 0 aliphatic heterocycles. The summed E-state index contributed by atoms with van der Waals surface area (Å²) >= 11 is 9.26. The van der Waals surface area contributed by atoms with Gasteiger partial charge in [0, 0.05) is 14.2 Å². The van der Waals surface area contributed by atoms with Gasteiger partial charge in [0.25, 0.3) is 0 Å². The summed E-state index contributed by atoms with van der Waals surface area (Å²) in [7, 11) is 0. The molecular formula is C14H12Br2S. The minimum atomic E-state index is 0.339. The van der Waals surface area contributed by atoms with E-state index in [1.807, 2.05) is 11.3 Å². The number of hydrogen-bond acceptors (Lipinski definition) is 1. The summed E-state index contributed by atoms with van der Waals surface area (Å²) < 4.78 is 1.13. The molecule has 88 valence electrons. The average Bonchev–Trinajstić information content (AvgIpc) is 2.89. The molecule has 1 aliphatic rings. The van der Waals surface area contributed by atoms with Crippen molar-refractivity contribution >= 4 is 43.2 Å². The molecular weight excluding hydrogens is 360 g/mol. The van der Waals surface area contributed by atoms with Crippen molar-refractivity contribution in [2.45, 2.75) is 24.1 Å². The van der Waals surface area contributed by atoms with Crippen LogP contribution in [0.2, 0.25) is 0 Å². The zero-order valence-corrected chi connectivity index (χ0v) is 13.2. The topological polar surface area (TPSA) is 0 Å². The summed E-state index contributed by atoms with van der Waals surface area (Å²) in [6.45, 7) is 0. The van der Waals surface area contributed by atoms with Crippen molar-refractivity contribution in [2.75, 3.05) is 0 Å². The van der Waals surface area contributed by atoms with Crippen molar-refractivity contribution in [3.63, 3.8) is 0 Å². The van der Waals surface area contributed by atoms with E-state index in [0.717, 1.165) is 4.47 Å². The van der Waals surface area contributed by atoms with Gasteiger partial charge < -0.3 is 0 Å². The molecule has 2 aromatic rings. The summed E-state index contributed by atoms with van der Waals surface area (Å²) in [6, 6.07) is 10.9. The lowest BCUT2D eigenvalue weighted by atomic mass is 10.1. The second-order valence-electron chi connectivity index (χ2n) is 4.36. The van der Waals surface area contributed by atoms with Gasteiger partial charge in [0.1, 0.15) is 0 Å². The van der Waals surface area contributed by atoms with E-state index in [9.17, 15) is 0 Å². The molecule has 0 N–H and O–H groups in total. The first-order valence-corrected chi connectivity index (χ1v) is 8.27. The molecule has 17 heavy (non-hydrogen) atoms. The SMILES string of the molecule is Brc1ccc(C(Br)c2cc3c(s2)CCC3)cc1. The first kappa shape index (κ1) is 11.9. The Morgan fingerprint density at radius 1 is 1.12 bits per heavy atom. The summed E-state index contributed by atoms with van der Waals surface area (Å²) in [4.78, 5) is 3.38. The fourth-order valence-corrected chi connectivity index (χ4v) is 4.52. The van der Waals surface area contributed by atoms with Crippen LogP contribution in [0.5, 0.6) is 0 Å². The van der Waals surface area contributed by atoms with Crippen molar-refractivity contribution in [1.82, 2.24) is 0 Å². The molecule has 0 amide bonds. The molecule has 1 aromatic heterocycles. The summed E-state index contributed by atoms with van der Waals surface area (Å²) in [6.07, 6.45) is 3.89. The Labute approximate surface area is 122 Å². The Morgan fingerprint density at radius 2 is 1.88 bits per heavy atom. The van der Waals surface area contributed by atoms with Gasteiger partial charge in [0.05, 0.1) is 4.83 Å². The molecule has 0 bridgehead atoms. The van der Waals surface area contributed by atoms with E-state index in [-0.39, 0.29) is 0 Å². The predicted octanol–water partition coefficient (Wildman–Crippen LogP) is 5.48. The molecule has 1 unspecified atom stereocenters. The first-order valence-electron chi connectivity index (χ1n) is 5.75. The van der Waals surface area contributed by atoms with Gasteiger partial charge in [-0.25, -0.2) is 0 Å². The van der Waals surface area contributed by atoms with Gasteiger partial charge in [-0.3, -0.25) is 0 Å². The maximum absolute atomic E-state index is 3.81. The third-order valence-corrected chi connectivity index (χ3v) is 6.33. The summed E-state index contributed by atoms with van der Waals surface area (Å²) in [5.74, 6) is 0. The third-order valence-electron chi connectivity index (χ3n) is 3.18. The Morgan fingerprint density at radius 3 is 2.59 bits per heavy atom. The molecule has 1 heterocycles. The lowest BCUT2D eigenvalue weighted by Gasteiger charge is -2.08. The van der Waals surface area contributed by atoms with Crippen LogP contribution in [0, 0.1) is 0 Å². The smallest absolute Gasteiger partial charge is 0.0738 e. The maximum Gasteiger partial charge on any atom is 0.0738 e. The predicted molar refractivity (Wildman–Crippen MR) is 81.3 cm³/mol. The largest absolute Gasteiger partial charge is 0.144 e. The van der Waals surface area contributed by atoms with Crippen LogP contribution in [-0.2, 0) is 12.8 Å². The van der Waals surface area contributed by atoms with E-state index >= 15 is 0 Å². The molecule has 0 saturated carbocycles. The molecule has 3 rings (SSSR count). The zero-order valence-electron chi connectivity index (χ0n) is 9.25. The number of thiophene rings is 1. The molecule has 3 heteroatoms. The van der Waals surface area contributed by atoms with Crippen LogP contribution < -0.4 is 0 Å². The van der Waals surface area contributed by atoms with Crippen LogP contribution in [-0.4, -0.2) is 0 Å². The summed E-state index contributed by atoms with van der Waals surface area (Å²) in [5, 5.41) is 0. The minimum absolute atomic E-state index is 0.339. The van der Waals surface area contributed by atoms with Gasteiger partial charge >= 0.3 is 0 Å². The second kappa shape index (κ2) is 4.87. The highest BCUT2D eigenvalue weighted by atomic mass is 79.9. The Balaban J connectivity index is 1.90. The lowest BCUT2D eigenvalue weighted by Crippen LogP contribution is -1.89. The van der Waals surface area contributed by atoms with E-state index in [2.05, 4.69) is 62.2 Å². The van der Waals surface area contributed by atoms with E-state index in [4.69, 9.17) is 0 Å². The number of alkyl halides is 1. The highest BCUT2D eigenvalue weighted by Gasteiger charge is 2.19. The maximum atomic E-state index is 3.81. The van der Waals surface area contributed by atoms with Crippen molar-refractivity contribution in [1.29, 1.82) is 0 Å². The van der Waals surface area contributed by atoms with Crippen molar-refractivity contribution < 1.29 is 0 Å². The van der Waals surface area contributed by atoms with E-state index < -0.39 is 0 Å². The number of benzene rings is 1. The van der Waals surface area contributed by atoms with Gasteiger partial charge in [0.2, 0.25) is 0 Å². The normalized spacial score (nSPS) is 15.9. The molecule has 1 aromatic carbocycles. The molecule has 0 spiro atoms. The van der Waals surface area contributed by atoms with E-state index in [1.165, 1.54) is 29.7 Å². The summed E-state index contributed by atoms with van der Waals surface area (Å²) in [5.41, 5.74) is 2.90. The monoisotopic (exact) mass is 370 g/mol. The second-order valence-corrected chi connectivity index (χ2v) is 7.36. The number of fused-ring (bicyclic) bond motifs is 1. The minimum Gasteiger partial charge on any atom is -0.144 e. The molecule has 1 aliphatic carbocycles. The molecule has 0 radical (unpaired) electrons. The molecule has 0 saturated heterocycles. The van der Waals surface area contributed by atoms with Crippen LogP contribution in [0.3, 0.4) is 0 Å². The van der Waals surface area contributed by atoms with E-state index in [0.29, 0.717) is 4.83 Å². The van der Waals surface area contributed by atoms with Crippen molar-refractivity contribution in [3.05, 3.63) is 55.7 Å². The van der Waals surface area contributed by atoms with Crippen LogP contribution in [0.15, 0.2) is 34.8 Å². The molecule has 0 nitrogen and oxygen atoms in total. The van der Waals surface area contributed by atoms with Gasteiger partial charge in [-0.15, -0.1) is 11.3 Å². The number of halogens is 2. The Hall–Kier alpha value is -0.120. The molecule has 0 fully saturated rings. The van der Waals surface area contributed by atoms with Crippen LogP contribution in [0.1, 0.15) is 32.1 Å². The van der Waals surface area contributed by atoms with Crippen molar-refractivity contribution in [2.24, 2.45) is 0 Å². The van der Waals surface area contributed by atoms with Crippen LogP contribution in [0.4, 0.5) is 0 Å². The van der Waals surface area contributed by atoms with Crippen LogP contribution in [0.25, 0.3) is 0 Å². The van der Waals surface area contributed by atoms with Crippen LogP contribution >= 0.6 is 43.2 Å². The average molecular weight is 372 g/mol. The van der Waals surface area contributed by atoms with Gasteiger partial charge in [-0.2, -0.15) is 0 Å².